The molecule has 0 spiro atoms. The summed E-state index contributed by atoms with van der Waals surface area (Å²) >= 11 is 0. The van der Waals surface area contributed by atoms with Gasteiger partial charge in [0.25, 0.3) is 0 Å². The van der Waals surface area contributed by atoms with Crippen molar-refractivity contribution in [2.45, 2.75) is 52.7 Å². The van der Waals surface area contributed by atoms with Crippen LogP contribution < -0.4 is 0 Å². The molecule has 0 aromatic carbocycles. The molecule has 0 rings (SSSR count). The Bertz CT molecular complexity index is 149. The molecule has 0 saturated carbocycles. The van der Waals surface area contributed by atoms with E-state index in [1.54, 1.807) is 33.7 Å². The van der Waals surface area contributed by atoms with E-state index in [-0.39, 0.29) is 0 Å². The van der Waals surface area contributed by atoms with Gasteiger partial charge in [-0.3, -0.25) is 0 Å². The van der Waals surface area contributed by atoms with Gasteiger partial charge in [0.2, 0.25) is 0 Å². The maximum Gasteiger partial charge on any atom is 0.102 e. The second-order valence-electron chi connectivity index (χ2n) is 4.75. The standard InChI is InChI=1S/C6H14O2.C5H9B/c1-5(2,7)6(3,4)8;1-5(2)3-4-6/h7-8H,1-4H3;3-5H,1-2H3/b;4-3+. The Balaban J connectivity index is 0. The van der Waals surface area contributed by atoms with Gasteiger partial charge >= 0.3 is 0 Å². The van der Waals surface area contributed by atoms with Crippen LogP contribution in [0.3, 0.4) is 0 Å². The van der Waals surface area contributed by atoms with Gasteiger partial charge in [-0.15, -0.1) is 5.98 Å². The first-order valence-corrected chi connectivity index (χ1v) is 4.85. The summed E-state index contributed by atoms with van der Waals surface area (Å²) < 4.78 is 0. The number of hydrogen-bond acceptors (Lipinski definition) is 2. The zero-order valence-electron chi connectivity index (χ0n) is 10.2. The number of aliphatic hydroxyl groups is 2. The summed E-state index contributed by atoms with van der Waals surface area (Å²) in [4.78, 5) is 0. The Kier molecular flexibility index (Phi) is 7.22. The Morgan fingerprint density at radius 2 is 1.29 bits per heavy atom. The van der Waals surface area contributed by atoms with Crippen molar-refractivity contribution in [3.63, 3.8) is 0 Å². The molecule has 2 radical (unpaired) electrons. The van der Waals surface area contributed by atoms with Gasteiger partial charge in [0.1, 0.15) is 7.85 Å². The van der Waals surface area contributed by atoms with Crippen LogP contribution in [0.25, 0.3) is 0 Å². The first kappa shape index (κ1) is 16.2. The van der Waals surface area contributed by atoms with Crippen molar-refractivity contribution >= 4 is 7.85 Å². The lowest BCUT2D eigenvalue weighted by Gasteiger charge is -2.31. The van der Waals surface area contributed by atoms with Crippen LogP contribution in [0.5, 0.6) is 0 Å². The van der Waals surface area contributed by atoms with Crippen molar-refractivity contribution < 1.29 is 10.2 Å². The molecule has 82 valence electrons. The summed E-state index contributed by atoms with van der Waals surface area (Å²) in [6.07, 6.45) is 1.94. The molecule has 0 aromatic rings. The van der Waals surface area contributed by atoms with Gasteiger partial charge in [0, 0.05) is 0 Å². The molecule has 0 fully saturated rings. The van der Waals surface area contributed by atoms with Crippen LogP contribution in [0.4, 0.5) is 0 Å². The largest absolute Gasteiger partial charge is 0.387 e. The zero-order chi connectivity index (χ0) is 12.0. The van der Waals surface area contributed by atoms with E-state index in [2.05, 4.69) is 13.8 Å². The highest BCUT2D eigenvalue weighted by molar-refractivity contribution is 6.16. The van der Waals surface area contributed by atoms with Gasteiger partial charge < -0.3 is 10.2 Å². The van der Waals surface area contributed by atoms with Crippen molar-refractivity contribution in [3.8, 4) is 0 Å². The third-order valence-electron chi connectivity index (χ3n) is 1.99. The average Bonchev–Trinajstić information content (AvgIpc) is 1.82. The highest BCUT2D eigenvalue weighted by Gasteiger charge is 2.31. The zero-order valence-corrected chi connectivity index (χ0v) is 10.2. The number of rotatable bonds is 2. The molecule has 2 nitrogen and oxygen atoms in total. The Labute approximate surface area is 89.4 Å². The molecular weight excluding hydrogens is 175 g/mol. The molecule has 0 aliphatic heterocycles. The minimum Gasteiger partial charge on any atom is -0.387 e. The maximum absolute atomic E-state index is 9.10. The van der Waals surface area contributed by atoms with Crippen molar-refractivity contribution in [1.82, 2.24) is 0 Å². The molecule has 0 aliphatic carbocycles. The van der Waals surface area contributed by atoms with Crippen LogP contribution in [0.1, 0.15) is 41.5 Å². The second kappa shape index (κ2) is 6.25. The van der Waals surface area contributed by atoms with Crippen molar-refractivity contribution in [1.29, 1.82) is 0 Å². The molecule has 0 amide bonds. The predicted molar refractivity (Wildman–Crippen MR) is 62.3 cm³/mol. The topological polar surface area (TPSA) is 40.5 Å². The lowest BCUT2D eigenvalue weighted by Crippen LogP contribution is -2.44. The molecule has 0 unspecified atom stereocenters. The molecule has 0 atom stereocenters. The third-order valence-corrected chi connectivity index (χ3v) is 1.99. The first-order valence-electron chi connectivity index (χ1n) is 4.85. The average molecular weight is 198 g/mol. The fraction of sp³-hybridized carbons (Fsp3) is 0.818. The van der Waals surface area contributed by atoms with E-state index >= 15 is 0 Å². The predicted octanol–water partition coefficient (Wildman–Crippen LogP) is 1.85. The molecule has 0 aliphatic rings. The van der Waals surface area contributed by atoms with Gasteiger partial charge in [-0.05, 0) is 33.6 Å². The van der Waals surface area contributed by atoms with Crippen molar-refractivity contribution in [3.05, 3.63) is 12.1 Å². The molecule has 0 saturated heterocycles. The van der Waals surface area contributed by atoms with Gasteiger partial charge in [-0.2, -0.15) is 0 Å². The van der Waals surface area contributed by atoms with E-state index in [1.807, 2.05) is 6.08 Å². The Hall–Kier alpha value is -0.275. The van der Waals surface area contributed by atoms with E-state index in [0.717, 1.165) is 0 Å². The van der Waals surface area contributed by atoms with Crippen LogP contribution in [0.2, 0.25) is 0 Å². The lowest BCUT2D eigenvalue weighted by molar-refractivity contribution is -0.107. The second-order valence-corrected chi connectivity index (χ2v) is 4.75. The highest BCUT2D eigenvalue weighted by atomic mass is 16.3. The molecule has 14 heavy (non-hydrogen) atoms. The summed E-state index contributed by atoms with van der Waals surface area (Å²) in [7, 11) is 5.05. The van der Waals surface area contributed by atoms with Gasteiger partial charge in [0.15, 0.2) is 0 Å². The monoisotopic (exact) mass is 198 g/mol. The number of hydrogen-bond donors (Lipinski definition) is 2. The first-order chi connectivity index (χ1) is 6.02. The minimum atomic E-state index is -1.01. The fourth-order valence-corrected chi connectivity index (χ4v) is 0.222. The van der Waals surface area contributed by atoms with Crippen molar-refractivity contribution in [2.24, 2.45) is 5.92 Å². The lowest BCUT2D eigenvalue weighted by atomic mass is 9.90. The molecule has 3 heteroatoms. The summed E-state index contributed by atoms with van der Waals surface area (Å²) in [5.41, 5.74) is -2.01. The maximum atomic E-state index is 9.10. The van der Waals surface area contributed by atoms with Gasteiger partial charge in [-0.1, -0.05) is 19.9 Å². The summed E-state index contributed by atoms with van der Waals surface area (Å²) in [5.74, 6) is 2.17. The van der Waals surface area contributed by atoms with E-state index in [0.29, 0.717) is 5.92 Å². The smallest absolute Gasteiger partial charge is 0.102 e. The van der Waals surface area contributed by atoms with E-state index in [1.165, 1.54) is 0 Å². The van der Waals surface area contributed by atoms with E-state index in [4.69, 9.17) is 18.1 Å². The normalized spacial score (nSPS) is 12.9. The minimum absolute atomic E-state index is 0.593. The third kappa shape index (κ3) is 9.81. The summed E-state index contributed by atoms with van der Waals surface area (Å²) in [6, 6.07) is 0. The molecule has 0 bridgehead atoms. The van der Waals surface area contributed by atoms with Crippen LogP contribution >= 0.6 is 0 Å². The van der Waals surface area contributed by atoms with E-state index < -0.39 is 11.2 Å². The Morgan fingerprint density at radius 3 is 1.29 bits per heavy atom. The molecule has 2 N–H and O–H groups in total. The van der Waals surface area contributed by atoms with Crippen molar-refractivity contribution in [2.75, 3.05) is 0 Å². The molecule has 0 aromatic heterocycles. The van der Waals surface area contributed by atoms with Crippen LogP contribution in [-0.2, 0) is 0 Å². The SMILES string of the molecule is CC(C)(O)C(C)(C)O.[B]/C=C/C(C)C. The van der Waals surface area contributed by atoms with E-state index in [9.17, 15) is 0 Å². The van der Waals surface area contributed by atoms with Crippen LogP contribution in [0, 0.1) is 5.92 Å². The molecular formula is C11H23BO2. The van der Waals surface area contributed by atoms with Crippen LogP contribution in [-0.4, -0.2) is 29.3 Å². The van der Waals surface area contributed by atoms with Gasteiger partial charge in [-0.25, -0.2) is 0 Å². The molecule has 0 heterocycles. The highest BCUT2D eigenvalue weighted by Crippen LogP contribution is 2.19. The summed E-state index contributed by atoms with van der Waals surface area (Å²) in [6.45, 7) is 10.5. The fourth-order valence-electron chi connectivity index (χ4n) is 0.222. The quantitative estimate of drug-likeness (QED) is 0.664. The van der Waals surface area contributed by atoms with Crippen LogP contribution in [0.15, 0.2) is 12.1 Å². The summed E-state index contributed by atoms with van der Waals surface area (Å²) in [5, 5.41) is 18.2. The Morgan fingerprint density at radius 1 is 1.00 bits per heavy atom. The number of allylic oxidation sites excluding steroid dienone is 1. The van der Waals surface area contributed by atoms with Gasteiger partial charge in [0.05, 0.1) is 11.2 Å².